The van der Waals surface area contributed by atoms with Gasteiger partial charge in [-0.2, -0.15) is 0 Å². The molecular formula is C20H30O4. The first-order valence-corrected chi connectivity index (χ1v) is 8.97. The van der Waals surface area contributed by atoms with E-state index < -0.39 is 11.7 Å². The van der Waals surface area contributed by atoms with Crippen LogP contribution in [0.4, 0.5) is 0 Å². The maximum Gasteiger partial charge on any atom is 0.145 e. The van der Waals surface area contributed by atoms with Crippen LogP contribution in [-0.2, 0) is 14.3 Å². The smallest absolute Gasteiger partial charge is 0.145 e. The molecule has 4 heteroatoms. The Balaban J connectivity index is 2.29. The van der Waals surface area contributed by atoms with Crippen LogP contribution in [0.2, 0.25) is 0 Å². The molecule has 0 unspecified atom stereocenters. The van der Waals surface area contributed by atoms with Crippen molar-refractivity contribution in [2.75, 3.05) is 0 Å². The number of hydrogen-bond donors (Lipinski definition) is 1. The molecule has 4 nitrogen and oxygen atoms in total. The van der Waals surface area contributed by atoms with Crippen molar-refractivity contribution in [2.24, 2.45) is 5.92 Å². The molecule has 1 saturated heterocycles. The fraction of sp³-hybridized carbons (Fsp3) is 0.700. The van der Waals surface area contributed by atoms with Gasteiger partial charge in [0.2, 0.25) is 0 Å². The third-order valence-electron chi connectivity index (χ3n) is 5.66. The lowest BCUT2D eigenvalue weighted by Crippen LogP contribution is -2.56. The Kier molecular flexibility index (Phi) is 6.16. The van der Waals surface area contributed by atoms with Crippen molar-refractivity contribution in [3.8, 4) is 0 Å². The van der Waals surface area contributed by atoms with Gasteiger partial charge in [0.15, 0.2) is 0 Å². The number of allylic oxidation sites excluding steroid dienone is 4. The number of carbonyl (C=O) groups excluding carboxylic acids is 2. The Hall–Kier alpha value is -1.26. The number of carbonyl (C=O) groups is 2. The summed E-state index contributed by atoms with van der Waals surface area (Å²) in [6.07, 6.45) is 10.1. The predicted molar refractivity (Wildman–Crippen MR) is 93.7 cm³/mol. The molecule has 0 aromatic heterocycles. The molecule has 3 atom stereocenters. The van der Waals surface area contributed by atoms with Crippen LogP contribution >= 0.6 is 0 Å². The Morgan fingerprint density at radius 3 is 2.38 bits per heavy atom. The highest BCUT2D eigenvalue weighted by Crippen LogP contribution is 2.44. The maximum absolute atomic E-state index is 11.3. The molecule has 24 heavy (non-hydrogen) atoms. The number of fused-ring (bicyclic) bond motifs is 9. The molecule has 0 saturated carbocycles. The molecule has 0 spiro atoms. The van der Waals surface area contributed by atoms with Crippen molar-refractivity contribution in [1.29, 1.82) is 0 Å². The summed E-state index contributed by atoms with van der Waals surface area (Å²) < 4.78 is 6.34. The molecular weight excluding hydrogens is 304 g/mol. The van der Waals surface area contributed by atoms with E-state index >= 15 is 0 Å². The Bertz CT molecular complexity index is 532. The highest BCUT2D eigenvalue weighted by Gasteiger charge is 2.48. The molecule has 0 radical (unpaired) electrons. The number of ether oxygens (including phenoxy) is 1. The molecule has 1 N–H and O–H groups in total. The van der Waals surface area contributed by atoms with Gasteiger partial charge >= 0.3 is 0 Å². The van der Waals surface area contributed by atoms with E-state index in [-0.39, 0.29) is 11.5 Å². The third-order valence-corrected chi connectivity index (χ3v) is 5.66. The fourth-order valence-electron chi connectivity index (χ4n) is 3.97. The lowest BCUT2D eigenvalue weighted by molar-refractivity contribution is -0.243. The molecule has 0 aromatic carbocycles. The zero-order chi connectivity index (χ0) is 17.8. The Labute approximate surface area is 145 Å². The van der Waals surface area contributed by atoms with E-state index in [0.717, 1.165) is 30.1 Å². The van der Waals surface area contributed by atoms with Crippen molar-refractivity contribution in [3.05, 3.63) is 23.3 Å². The summed E-state index contributed by atoms with van der Waals surface area (Å²) in [5, 5.41) is 10.6. The first kappa shape index (κ1) is 19.1. The Morgan fingerprint density at radius 1 is 1.08 bits per heavy atom. The van der Waals surface area contributed by atoms with E-state index in [2.05, 4.69) is 13.8 Å². The number of hydrogen-bond acceptors (Lipinski definition) is 4. The first-order valence-electron chi connectivity index (χ1n) is 8.97. The molecule has 134 valence electrons. The van der Waals surface area contributed by atoms with Crippen LogP contribution in [-0.4, -0.2) is 35.0 Å². The molecule has 0 amide bonds. The number of aliphatic hydroxyl groups excluding tert-OH is 1. The summed E-state index contributed by atoms with van der Waals surface area (Å²) in [6, 6.07) is 0. The second-order valence-electron chi connectivity index (χ2n) is 7.88. The lowest BCUT2D eigenvalue weighted by Gasteiger charge is -2.51. The van der Waals surface area contributed by atoms with Gasteiger partial charge in [-0.15, -0.1) is 0 Å². The zero-order valence-electron chi connectivity index (χ0n) is 15.1. The summed E-state index contributed by atoms with van der Waals surface area (Å²) in [5.41, 5.74) is 0.580. The fourth-order valence-corrected chi connectivity index (χ4v) is 3.97. The Morgan fingerprint density at radius 2 is 1.71 bits per heavy atom. The van der Waals surface area contributed by atoms with Gasteiger partial charge in [-0.1, -0.05) is 12.2 Å². The van der Waals surface area contributed by atoms with E-state index in [0.29, 0.717) is 38.5 Å². The van der Waals surface area contributed by atoms with Crippen LogP contribution in [0.25, 0.3) is 0 Å². The van der Waals surface area contributed by atoms with Gasteiger partial charge in [0.1, 0.15) is 12.6 Å². The molecule has 2 bridgehead atoms. The van der Waals surface area contributed by atoms with Gasteiger partial charge in [-0.25, -0.2) is 0 Å². The normalized spacial score (nSPS) is 39.0. The number of aliphatic hydroxyl groups is 1. The van der Waals surface area contributed by atoms with Crippen molar-refractivity contribution in [3.63, 3.8) is 0 Å². The predicted octanol–water partition coefficient (Wildman–Crippen LogP) is 3.53. The second-order valence-corrected chi connectivity index (χ2v) is 7.88. The minimum atomic E-state index is -0.599. The van der Waals surface area contributed by atoms with Crippen molar-refractivity contribution >= 4 is 12.6 Å². The largest absolute Gasteiger partial charge is 0.390 e. The van der Waals surface area contributed by atoms with Crippen molar-refractivity contribution < 1.29 is 19.4 Å². The molecule has 3 rings (SSSR count). The molecule has 2 aliphatic heterocycles. The quantitative estimate of drug-likeness (QED) is 0.785. The average molecular weight is 334 g/mol. The average Bonchev–Trinajstić information content (AvgIpc) is 2.52. The van der Waals surface area contributed by atoms with Gasteiger partial charge < -0.3 is 9.84 Å². The van der Waals surface area contributed by atoms with Crippen LogP contribution < -0.4 is 0 Å². The van der Waals surface area contributed by atoms with Crippen molar-refractivity contribution in [2.45, 2.75) is 83.0 Å². The SMILES string of the molecule is CC1(C)O[C@@]2(C)CC/C=C(\C=O)CC/C=C(\C=O)CC[C@@H]1C[C@H]2O. The standard InChI is InChI=1S/C20H30O4/c1-19(2)17-10-9-16(14-22)7-4-6-15(13-21)8-5-11-20(3,24-19)18(23)12-17/h7-8,13-14,17-18,23H,4-6,9-12H2,1-3H3/b15-8-,16-7-/t17-,18-,20+/m1/s1. The summed E-state index contributed by atoms with van der Waals surface area (Å²) in [4.78, 5) is 22.5. The van der Waals surface area contributed by atoms with E-state index in [1.54, 1.807) is 0 Å². The van der Waals surface area contributed by atoms with Gasteiger partial charge in [-0.05, 0) is 82.8 Å². The van der Waals surface area contributed by atoms with Crippen LogP contribution in [0.1, 0.15) is 65.7 Å². The topological polar surface area (TPSA) is 63.6 Å². The molecule has 1 fully saturated rings. The second kappa shape index (κ2) is 7.75. The van der Waals surface area contributed by atoms with Crippen LogP contribution in [0.3, 0.4) is 0 Å². The molecule has 0 aromatic rings. The lowest BCUT2D eigenvalue weighted by atomic mass is 9.73. The van der Waals surface area contributed by atoms with E-state index in [1.165, 1.54) is 0 Å². The van der Waals surface area contributed by atoms with Crippen molar-refractivity contribution in [1.82, 2.24) is 0 Å². The summed E-state index contributed by atoms with van der Waals surface area (Å²) in [6.45, 7) is 6.11. The van der Waals surface area contributed by atoms with Gasteiger partial charge in [0.25, 0.3) is 0 Å². The first-order chi connectivity index (χ1) is 11.3. The zero-order valence-corrected chi connectivity index (χ0v) is 15.1. The van der Waals surface area contributed by atoms with Crippen LogP contribution in [0, 0.1) is 5.92 Å². The van der Waals surface area contributed by atoms with E-state index in [4.69, 9.17) is 4.74 Å². The monoisotopic (exact) mass is 334 g/mol. The number of rotatable bonds is 2. The van der Waals surface area contributed by atoms with Gasteiger partial charge in [0.05, 0.1) is 17.3 Å². The summed E-state index contributed by atoms with van der Waals surface area (Å²) >= 11 is 0. The highest BCUT2D eigenvalue weighted by atomic mass is 16.5. The van der Waals surface area contributed by atoms with Crippen LogP contribution in [0.5, 0.6) is 0 Å². The number of aldehydes is 2. The van der Waals surface area contributed by atoms with Gasteiger partial charge in [-0.3, -0.25) is 9.59 Å². The maximum atomic E-state index is 11.3. The molecule has 2 heterocycles. The van der Waals surface area contributed by atoms with E-state index in [9.17, 15) is 14.7 Å². The van der Waals surface area contributed by atoms with Crippen LogP contribution in [0.15, 0.2) is 23.3 Å². The minimum Gasteiger partial charge on any atom is -0.390 e. The summed E-state index contributed by atoms with van der Waals surface area (Å²) in [7, 11) is 0. The third kappa shape index (κ3) is 4.42. The molecule has 1 aliphatic carbocycles. The minimum absolute atomic E-state index is 0.216. The summed E-state index contributed by atoms with van der Waals surface area (Å²) in [5.74, 6) is 0.216. The van der Waals surface area contributed by atoms with Gasteiger partial charge in [0, 0.05) is 0 Å². The highest BCUT2D eigenvalue weighted by molar-refractivity contribution is 5.74. The molecule has 3 aliphatic rings. The van der Waals surface area contributed by atoms with E-state index in [1.807, 2.05) is 19.1 Å².